The molecule has 1 aliphatic rings. The highest BCUT2D eigenvalue weighted by atomic mass is 32.2. The van der Waals surface area contributed by atoms with Crippen molar-refractivity contribution in [2.45, 2.75) is 37.5 Å². The Morgan fingerprint density at radius 3 is 2.75 bits per heavy atom. The number of benzene rings is 1. The van der Waals surface area contributed by atoms with Crippen LogP contribution in [0.3, 0.4) is 0 Å². The minimum Gasteiger partial charge on any atom is -0.494 e. The third kappa shape index (κ3) is 7.86. The summed E-state index contributed by atoms with van der Waals surface area (Å²) in [5.41, 5.74) is -4.09. The zero-order valence-electron chi connectivity index (χ0n) is 18.9. The van der Waals surface area contributed by atoms with Crippen LogP contribution in [0.4, 0.5) is 13.2 Å². The van der Waals surface area contributed by atoms with E-state index in [1.165, 1.54) is 11.8 Å². The van der Waals surface area contributed by atoms with Crippen LogP contribution in [0.1, 0.15) is 24.6 Å². The smallest absolute Gasteiger partial charge is 0.423 e. The highest BCUT2D eigenvalue weighted by Gasteiger charge is 2.40. The fourth-order valence-corrected chi connectivity index (χ4v) is 4.26. The molecule has 1 aromatic carbocycles. The largest absolute Gasteiger partial charge is 0.494 e. The lowest BCUT2D eigenvalue weighted by Crippen LogP contribution is -2.36. The van der Waals surface area contributed by atoms with E-state index in [0.29, 0.717) is 23.1 Å². The minimum absolute atomic E-state index is 0.00961. The molecule has 13 heteroatoms. The Morgan fingerprint density at radius 2 is 2.06 bits per heavy atom. The molecule has 1 fully saturated rings. The number of H-pyrrole nitrogens is 1. The molecule has 0 bridgehead atoms. The number of thiocarbonyl (C=S) groups is 1. The van der Waals surface area contributed by atoms with Gasteiger partial charge >= 0.3 is 11.9 Å². The number of terminal acetylenes is 1. The lowest BCUT2D eigenvalue weighted by Gasteiger charge is -2.19. The maximum Gasteiger partial charge on any atom is 0.423 e. The molecule has 2 heterocycles. The van der Waals surface area contributed by atoms with Crippen LogP contribution in [-0.4, -0.2) is 51.7 Å². The maximum atomic E-state index is 13.1. The van der Waals surface area contributed by atoms with Crippen LogP contribution < -0.4 is 16.0 Å². The van der Waals surface area contributed by atoms with Crippen molar-refractivity contribution in [3.63, 3.8) is 0 Å². The Kier molecular flexibility index (Phi) is 10.0. The molecule has 3 atom stereocenters. The lowest BCUT2D eigenvalue weighted by molar-refractivity contribution is -0.139. The third-order valence-corrected chi connectivity index (χ3v) is 6.35. The van der Waals surface area contributed by atoms with Gasteiger partial charge in [-0.2, -0.15) is 13.2 Å². The quantitative estimate of drug-likeness (QED) is 0.277. The number of para-hydroxylation sites is 1. The fraction of sp³-hybridized carbons (Fsp3) is 0.435. The molecule has 2 aromatic rings. The SMILES string of the molecule is C#CCO[C@H]1C[C@H](n2cc(C(F)(F)F)c(=O)[nH]c2=O)O[C@@H]1COC(=S)SCCCOc1ccccc1. The second-order valence-corrected chi connectivity index (χ2v) is 9.25. The minimum atomic E-state index is -4.95. The summed E-state index contributed by atoms with van der Waals surface area (Å²) in [5.74, 6) is 3.73. The van der Waals surface area contributed by atoms with Crippen LogP contribution in [0, 0.1) is 12.3 Å². The van der Waals surface area contributed by atoms with E-state index in [2.05, 4.69) is 5.92 Å². The molecule has 0 amide bonds. The monoisotopic (exact) mass is 544 g/mol. The van der Waals surface area contributed by atoms with Crippen LogP contribution in [0.5, 0.6) is 5.75 Å². The number of hydrogen-bond acceptors (Lipinski definition) is 8. The first-order valence-corrected chi connectivity index (χ1v) is 12.2. The molecular weight excluding hydrogens is 521 g/mol. The number of nitrogens with zero attached hydrogens (tertiary/aromatic N) is 1. The topological polar surface area (TPSA) is 91.8 Å². The van der Waals surface area contributed by atoms with Crippen LogP contribution in [0.2, 0.25) is 0 Å². The summed E-state index contributed by atoms with van der Waals surface area (Å²) in [6, 6.07) is 9.38. The number of hydrogen-bond donors (Lipinski definition) is 1. The lowest BCUT2D eigenvalue weighted by atomic mass is 10.2. The van der Waals surface area contributed by atoms with E-state index in [1.807, 2.05) is 30.3 Å². The number of nitrogens with one attached hydrogen (secondary N) is 1. The molecule has 0 spiro atoms. The van der Waals surface area contributed by atoms with Gasteiger partial charge in [0.1, 0.15) is 36.9 Å². The van der Waals surface area contributed by atoms with E-state index in [9.17, 15) is 22.8 Å². The number of aromatic nitrogens is 2. The first-order chi connectivity index (χ1) is 17.2. The number of ether oxygens (including phenoxy) is 4. The Morgan fingerprint density at radius 1 is 1.31 bits per heavy atom. The molecule has 36 heavy (non-hydrogen) atoms. The van der Waals surface area contributed by atoms with Gasteiger partial charge in [-0.05, 0) is 30.8 Å². The summed E-state index contributed by atoms with van der Waals surface area (Å²) in [5, 5.41) is 0. The molecule has 1 aliphatic heterocycles. The van der Waals surface area contributed by atoms with Gasteiger partial charge in [-0.25, -0.2) is 4.79 Å². The summed E-state index contributed by atoms with van der Waals surface area (Å²) in [6.07, 6.45) is -1.12. The normalized spacial score (nSPS) is 19.6. The van der Waals surface area contributed by atoms with E-state index in [1.54, 1.807) is 4.98 Å². The fourth-order valence-electron chi connectivity index (χ4n) is 3.37. The molecule has 3 rings (SSSR count). The van der Waals surface area contributed by atoms with Gasteiger partial charge in [0.25, 0.3) is 5.56 Å². The molecule has 1 saturated heterocycles. The van der Waals surface area contributed by atoms with E-state index >= 15 is 0 Å². The van der Waals surface area contributed by atoms with Gasteiger partial charge in [-0.1, -0.05) is 35.9 Å². The number of halogens is 3. The Bertz CT molecular complexity index is 1180. The van der Waals surface area contributed by atoms with Crippen LogP contribution >= 0.6 is 24.0 Å². The summed E-state index contributed by atoms with van der Waals surface area (Å²) in [6.45, 7) is 0.359. The van der Waals surface area contributed by atoms with Gasteiger partial charge in [-0.3, -0.25) is 14.3 Å². The Hall–Kier alpha value is -2.79. The van der Waals surface area contributed by atoms with Crippen molar-refractivity contribution in [2.24, 2.45) is 0 Å². The highest BCUT2D eigenvalue weighted by molar-refractivity contribution is 8.22. The summed E-state index contributed by atoms with van der Waals surface area (Å²) in [7, 11) is 0. The molecule has 1 aromatic heterocycles. The number of rotatable bonds is 10. The van der Waals surface area contributed by atoms with Gasteiger partial charge in [0.15, 0.2) is 0 Å². The molecule has 0 unspecified atom stereocenters. The van der Waals surface area contributed by atoms with Crippen molar-refractivity contribution in [3.8, 4) is 18.1 Å². The maximum absolute atomic E-state index is 13.1. The molecule has 194 valence electrons. The molecule has 0 radical (unpaired) electrons. The molecule has 1 N–H and O–H groups in total. The van der Waals surface area contributed by atoms with Crippen LogP contribution in [0.15, 0.2) is 46.1 Å². The van der Waals surface area contributed by atoms with Gasteiger partial charge in [0, 0.05) is 18.4 Å². The van der Waals surface area contributed by atoms with Crippen LogP contribution in [-0.2, 0) is 20.4 Å². The van der Waals surface area contributed by atoms with Crippen molar-refractivity contribution in [3.05, 3.63) is 62.9 Å². The van der Waals surface area contributed by atoms with Gasteiger partial charge < -0.3 is 18.9 Å². The zero-order chi connectivity index (χ0) is 26.1. The van der Waals surface area contributed by atoms with Crippen molar-refractivity contribution in [1.29, 1.82) is 0 Å². The van der Waals surface area contributed by atoms with E-state index in [0.717, 1.165) is 12.2 Å². The zero-order valence-corrected chi connectivity index (χ0v) is 20.5. The van der Waals surface area contributed by atoms with Gasteiger partial charge in [0.05, 0.1) is 12.7 Å². The van der Waals surface area contributed by atoms with Gasteiger partial charge in [0.2, 0.25) is 4.38 Å². The first kappa shape index (κ1) is 27.8. The number of aromatic amines is 1. The number of thioether (sulfide) groups is 1. The summed E-state index contributed by atoms with van der Waals surface area (Å²) in [4.78, 5) is 25.4. The highest BCUT2D eigenvalue weighted by Crippen LogP contribution is 2.32. The molecule has 0 saturated carbocycles. The average Bonchev–Trinajstić information content (AvgIpc) is 3.23. The predicted octanol–water partition coefficient (Wildman–Crippen LogP) is 3.37. The van der Waals surface area contributed by atoms with Crippen molar-refractivity contribution >= 4 is 28.4 Å². The van der Waals surface area contributed by atoms with E-state index in [-0.39, 0.29) is 24.0 Å². The van der Waals surface area contributed by atoms with Crippen LogP contribution in [0.25, 0.3) is 0 Å². The van der Waals surface area contributed by atoms with E-state index in [4.69, 9.17) is 37.6 Å². The Balaban J connectivity index is 1.54. The molecule has 0 aliphatic carbocycles. The molecule has 8 nitrogen and oxygen atoms in total. The standard InChI is InChI=1S/C23H23F3N2O6S2/c1-2-9-32-17-12-19(28-13-16(23(24,25)26)20(29)27-21(28)30)34-18(17)14-33-22(35)36-11-6-10-31-15-7-4-3-5-8-15/h1,3-5,7-8,13,17-19H,6,9-12,14H2,(H,27,29,30)/t17-,18+,19+/m0/s1. The average molecular weight is 545 g/mol. The summed E-state index contributed by atoms with van der Waals surface area (Å²) < 4.78 is 62.9. The second-order valence-electron chi connectivity index (χ2n) is 7.55. The van der Waals surface area contributed by atoms with Gasteiger partial charge in [-0.15, -0.1) is 6.42 Å². The second kappa shape index (κ2) is 13.0. The first-order valence-electron chi connectivity index (χ1n) is 10.8. The summed E-state index contributed by atoms with van der Waals surface area (Å²) >= 11 is 6.53. The van der Waals surface area contributed by atoms with Crippen molar-refractivity contribution < 1.29 is 32.1 Å². The van der Waals surface area contributed by atoms with E-state index < -0.39 is 41.4 Å². The molecular formula is C23H23F3N2O6S2. The van der Waals surface area contributed by atoms with Crippen molar-refractivity contribution in [2.75, 3.05) is 25.6 Å². The Labute approximate surface area is 214 Å². The predicted molar refractivity (Wildman–Crippen MR) is 131 cm³/mol. The van der Waals surface area contributed by atoms with Crippen molar-refractivity contribution in [1.82, 2.24) is 9.55 Å². The number of alkyl halides is 3. The third-order valence-electron chi connectivity index (χ3n) is 5.03.